The molecule has 0 spiro atoms. The first-order valence-electron chi connectivity index (χ1n) is 4.64. The average Bonchev–Trinajstić information content (AvgIpc) is 1.96. The molecule has 0 saturated carbocycles. The maximum absolute atomic E-state index is 11.5. The fourth-order valence-corrected chi connectivity index (χ4v) is 2.14. The smallest absolute Gasteiger partial charge is 0.0605 e. The zero-order valence-corrected chi connectivity index (χ0v) is 9.86. The topological polar surface area (TPSA) is 40.9 Å². The molecule has 0 rings (SSSR count). The van der Waals surface area contributed by atoms with Crippen LogP contribution in [0.4, 0.5) is 0 Å². The van der Waals surface area contributed by atoms with Crippen LogP contribution in [0.2, 0.25) is 0 Å². The third-order valence-corrected chi connectivity index (χ3v) is 4.12. The summed E-state index contributed by atoms with van der Waals surface area (Å²) in [4.78, 5) is 0. The third-order valence-electron chi connectivity index (χ3n) is 2.58. The van der Waals surface area contributed by atoms with Crippen molar-refractivity contribution in [3.63, 3.8) is 0 Å². The van der Waals surface area contributed by atoms with Crippen LogP contribution in [0.1, 0.15) is 27.2 Å². The maximum Gasteiger partial charge on any atom is 0.0605 e. The molecule has 0 amide bonds. The molecule has 0 radical (unpaired) electrons. The second kappa shape index (κ2) is 4.80. The van der Waals surface area contributed by atoms with E-state index < -0.39 is 9.73 Å². The van der Waals surface area contributed by atoms with Crippen molar-refractivity contribution in [3.05, 3.63) is 12.7 Å². The first-order chi connectivity index (χ1) is 5.79. The summed E-state index contributed by atoms with van der Waals surface area (Å²) >= 11 is 0. The van der Waals surface area contributed by atoms with Gasteiger partial charge in [0.2, 0.25) is 0 Å². The maximum atomic E-state index is 11.5. The van der Waals surface area contributed by atoms with Crippen molar-refractivity contribution in [3.8, 4) is 0 Å². The normalized spacial score (nSPS) is 20.7. The molecule has 1 unspecified atom stereocenters. The van der Waals surface area contributed by atoms with Gasteiger partial charge in [-0.3, -0.25) is 4.78 Å². The Hall–Kier alpha value is -0.310. The van der Waals surface area contributed by atoms with Crippen LogP contribution < -0.4 is 0 Å². The van der Waals surface area contributed by atoms with Crippen LogP contribution in [0.3, 0.4) is 0 Å². The van der Waals surface area contributed by atoms with Gasteiger partial charge in [-0.05, 0) is 18.3 Å². The summed E-state index contributed by atoms with van der Waals surface area (Å²) in [7, 11) is -2.46. The molecular formula is C10H21NOS. The van der Waals surface area contributed by atoms with Crippen LogP contribution in [-0.2, 0) is 9.73 Å². The highest BCUT2D eigenvalue weighted by atomic mass is 32.2. The zero-order valence-electron chi connectivity index (χ0n) is 9.04. The van der Waals surface area contributed by atoms with Gasteiger partial charge in [-0.15, -0.1) is 6.58 Å². The molecule has 0 aromatic rings. The minimum Gasteiger partial charge on any atom is -0.253 e. The van der Waals surface area contributed by atoms with Crippen LogP contribution >= 0.6 is 0 Å². The van der Waals surface area contributed by atoms with E-state index in [1.165, 1.54) is 6.26 Å². The summed E-state index contributed by atoms with van der Waals surface area (Å²) in [5.41, 5.74) is 0. The van der Waals surface area contributed by atoms with Gasteiger partial charge in [0.15, 0.2) is 0 Å². The van der Waals surface area contributed by atoms with Crippen molar-refractivity contribution in [1.29, 1.82) is 4.78 Å². The lowest BCUT2D eigenvalue weighted by atomic mass is 9.93. The molecule has 3 heteroatoms. The average molecular weight is 203 g/mol. The third kappa shape index (κ3) is 4.46. The second-order valence-electron chi connectivity index (χ2n) is 4.14. The van der Waals surface area contributed by atoms with Crippen LogP contribution in [0, 0.1) is 16.6 Å². The van der Waals surface area contributed by atoms with E-state index in [0.29, 0.717) is 11.8 Å². The second-order valence-corrected chi connectivity index (χ2v) is 6.55. The Bertz CT molecular complexity index is 254. The Morgan fingerprint density at radius 3 is 2.15 bits per heavy atom. The van der Waals surface area contributed by atoms with Crippen LogP contribution in [0.25, 0.3) is 0 Å². The predicted molar refractivity (Wildman–Crippen MR) is 59.4 cm³/mol. The molecule has 0 aromatic heterocycles. The summed E-state index contributed by atoms with van der Waals surface area (Å²) in [6.07, 6.45) is 3.96. The fourth-order valence-electron chi connectivity index (χ4n) is 1.10. The number of nitrogens with one attached hydrogen (secondary N) is 1. The predicted octanol–water partition coefficient (Wildman–Crippen LogP) is 2.90. The van der Waals surface area contributed by atoms with Gasteiger partial charge < -0.3 is 0 Å². The van der Waals surface area contributed by atoms with E-state index in [2.05, 4.69) is 27.4 Å². The summed E-state index contributed by atoms with van der Waals surface area (Å²) in [6.45, 7) is 10.1. The number of hydrogen-bond donors (Lipinski definition) is 1. The van der Waals surface area contributed by atoms with Crippen molar-refractivity contribution in [2.24, 2.45) is 11.8 Å². The lowest BCUT2D eigenvalue weighted by Crippen LogP contribution is -2.21. The Balaban J connectivity index is 4.40. The van der Waals surface area contributed by atoms with E-state index in [0.717, 1.165) is 6.42 Å². The number of rotatable bonds is 5. The molecular weight excluding hydrogens is 182 g/mol. The van der Waals surface area contributed by atoms with Crippen molar-refractivity contribution >= 4 is 9.73 Å². The van der Waals surface area contributed by atoms with Gasteiger partial charge in [-0.25, -0.2) is 4.21 Å². The Labute approximate surface area is 82.4 Å². The first kappa shape index (κ1) is 12.7. The van der Waals surface area contributed by atoms with Crippen LogP contribution in [-0.4, -0.2) is 15.7 Å². The zero-order chi connectivity index (χ0) is 10.6. The van der Waals surface area contributed by atoms with E-state index in [9.17, 15) is 4.21 Å². The minimum atomic E-state index is -2.46. The van der Waals surface area contributed by atoms with E-state index in [1.807, 2.05) is 0 Å². The Morgan fingerprint density at radius 2 is 1.92 bits per heavy atom. The summed E-state index contributed by atoms with van der Waals surface area (Å²) < 4.78 is 19.0. The standard InChI is InChI=1S/C10H21NOS/c1-6-10(13(5,11)12)7-9(4)8(2)3/h6,8-11H,1,7H2,2-5H3/t9-,10-,13?/m0/s1. The summed E-state index contributed by atoms with van der Waals surface area (Å²) in [5, 5.41) is -0.162. The van der Waals surface area contributed by atoms with Crippen molar-refractivity contribution in [2.45, 2.75) is 32.4 Å². The molecule has 0 fully saturated rings. The van der Waals surface area contributed by atoms with Crippen molar-refractivity contribution < 1.29 is 4.21 Å². The number of hydrogen-bond acceptors (Lipinski definition) is 2. The molecule has 1 N–H and O–H groups in total. The molecule has 78 valence electrons. The van der Waals surface area contributed by atoms with Crippen molar-refractivity contribution in [1.82, 2.24) is 0 Å². The molecule has 0 aliphatic heterocycles. The molecule has 0 aliphatic carbocycles. The lowest BCUT2D eigenvalue weighted by Gasteiger charge is -2.20. The van der Waals surface area contributed by atoms with E-state index in [4.69, 9.17) is 4.78 Å². The molecule has 0 aromatic carbocycles. The van der Waals surface area contributed by atoms with Gasteiger partial charge >= 0.3 is 0 Å². The highest BCUT2D eigenvalue weighted by molar-refractivity contribution is 7.92. The largest absolute Gasteiger partial charge is 0.253 e. The van der Waals surface area contributed by atoms with Crippen molar-refractivity contribution in [2.75, 3.05) is 6.26 Å². The van der Waals surface area contributed by atoms with Gasteiger partial charge in [-0.1, -0.05) is 26.8 Å². The van der Waals surface area contributed by atoms with Gasteiger partial charge in [0.1, 0.15) is 0 Å². The molecule has 13 heavy (non-hydrogen) atoms. The van der Waals surface area contributed by atoms with E-state index in [-0.39, 0.29) is 5.25 Å². The van der Waals surface area contributed by atoms with Crippen LogP contribution in [0.15, 0.2) is 12.7 Å². The summed E-state index contributed by atoms with van der Waals surface area (Å²) in [5.74, 6) is 1.07. The van der Waals surface area contributed by atoms with Crippen LogP contribution in [0.5, 0.6) is 0 Å². The molecule has 0 aliphatic rings. The molecule has 0 heterocycles. The monoisotopic (exact) mass is 203 g/mol. The Morgan fingerprint density at radius 1 is 1.46 bits per heavy atom. The van der Waals surface area contributed by atoms with Gasteiger partial charge in [0.05, 0.1) is 5.25 Å². The highest BCUT2D eigenvalue weighted by Crippen LogP contribution is 2.20. The van der Waals surface area contributed by atoms with Gasteiger partial charge in [-0.2, -0.15) is 0 Å². The van der Waals surface area contributed by atoms with Gasteiger partial charge in [0, 0.05) is 16.0 Å². The SMILES string of the molecule is C=C[C@@H](C[C@H](C)C(C)C)S(C)(=N)=O. The quantitative estimate of drug-likeness (QED) is 0.686. The highest BCUT2D eigenvalue weighted by Gasteiger charge is 2.18. The lowest BCUT2D eigenvalue weighted by molar-refractivity contribution is 0.396. The Kier molecular flexibility index (Phi) is 4.68. The molecule has 0 saturated heterocycles. The van der Waals surface area contributed by atoms with E-state index in [1.54, 1.807) is 6.08 Å². The minimum absolute atomic E-state index is 0.162. The first-order valence-corrected chi connectivity index (χ1v) is 6.67. The fraction of sp³-hybridized carbons (Fsp3) is 0.800. The summed E-state index contributed by atoms with van der Waals surface area (Å²) in [6, 6.07) is 0. The molecule has 2 nitrogen and oxygen atoms in total. The van der Waals surface area contributed by atoms with E-state index >= 15 is 0 Å². The molecule has 3 atom stereocenters. The molecule has 0 bridgehead atoms. The van der Waals surface area contributed by atoms with Gasteiger partial charge in [0.25, 0.3) is 0 Å².